The van der Waals surface area contributed by atoms with Gasteiger partial charge in [0, 0.05) is 16.1 Å². The van der Waals surface area contributed by atoms with Gasteiger partial charge < -0.3 is 5.32 Å². The van der Waals surface area contributed by atoms with Crippen LogP contribution in [0.5, 0.6) is 0 Å². The van der Waals surface area contributed by atoms with Gasteiger partial charge in [0.2, 0.25) is 0 Å². The smallest absolute Gasteiger partial charge is 0.126 e. The molecule has 0 aliphatic heterocycles. The molecule has 0 saturated heterocycles. The van der Waals surface area contributed by atoms with Gasteiger partial charge in [0.25, 0.3) is 0 Å². The van der Waals surface area contributed by atoms with Crippen molar-refractivity contribution in [1.82, 2.24) is 4.98 Å². The second-order valence-corrected chi connectivity index (χ2v) is 4.94. The first-order valence-electron chi connectivity index (χ1n) is 6.25. The van der Waals surface area contributed by atoms with E-state index in [0.29, 0.717) is 17.3 Å². The third kappa shape index (κ3) is 2.89. The second-order valence-electron chi connectivity index (χ2n) is 4.51. The Kier molecular flexibility index (Phi) is 3.52. The minimum atomic E-state index is -0.355. The highest BCUT2D eigenvalue weighted by Crippen LogP contribution is 2.19. The predicted octanol–water partition coefficient (Wildman–Crippen LogP) is 4.64. The molecular weight excluding hydrogens is 275 g/mol. The van der Waals surface area contributed by atoms with Gasteiger partial charge in [-0.15, -0.1) is 0 Å². The van der Waals surface area contributed by atoms with Gasteiger partial charge in [-0.3, -0.25) is 4.98 Å². The van der Waals surface area contributed by atoms with Gasteiger partial charge in [-0.25, -0.2) is 4.39 Å². The monoisotopic (exact) mass is 286 g/mol. The second kappa shape index (κ2) is 5.47. The Morgan fingerprint density at radius 2 is 1.90 bits per heavy atom. The number of halogens is 2. The van der Waals surface area contributed by atoms with E-state index >= 15 is 0 Å². The molecule has 2 nitrogen and oxygen atoms in total. The lowest BCUT2D eigenvalue weighted by molar-refractivity contribution is 0.628. The van der Waals surface area contributed by atoms with Crippen LogP contribution in [0.2, 0.25) is 5.02 Å². The summed E-state index contributed by atoms with van der Waals surface area (Å²) in [6.45, 7) is 0.518. The van der Waals surface area contributed by atoms with Gasteiger partial charge in [0.15, 0.2) is 0 Å². The van der Waals surface area contributed by atoms with Gasteiger partial charge >= 0.3 is 0 Å². The molecule has 4 heteroatoms. The maximum atomic E-state index is 13.2. The average Bonchev–Trinajstić information content (AvgIpc) is 2.44. The number of hydrogen-bond donors (Lipinski definition) is 1. The summed E-state index contributed by atoms with van der Waals surface area (Å²) in [5.74, 6) is -0.355. The predicted molar refractivity (Wildman–Crippen MR) is 80.5 cm³/mol. The van der Waals surface area contributed by atoms with Crippen LogP contribution in [0.15, 0.2) is 54.6 Å². The van der Waals surface area contributed by atoms with Crippen LogP contribution in [0.1, 0.15) is 5.69 Å². The molecule has 100 valence electrons. The Bertz CT molecular complexity index is 738. The maximum Gasteiger partial charge on any atom is 0.126 e. The van der Waals surface area contributed by atoms with Gasteiger partial charge in [0.05, 0.1) is 17.8 Å². The third-order valence-corrected chi connectivity index (χ3v) is 3.21. The zero-order chi connectivity index (χ0) is 13.9. The van der Waals surface area contributed by atoms with E-state index in [-0.39, 0.29) is 5.82 Å². The van der Waals surface area contributed by atoms with Crippen molar-refractivity contribution in [2.45, 2.75) is 6.54 Å². The lowest BCUT2D eigenvalue weighted by Crippen LogP contribution is -2.02. The van der Waals surface area contributed by atoms with Crippen LogP contribution < -0.4 is 5.32 Å². The summed E-state index contributed by atoms with van der Waals surface area (Å²) < 4.78 is 13.2. The summed E-state index contributed by atoms with van der Waals surface area (Å²) in [5, 5.41) is 4.60. The summed E-state index contributed by atoms with van der Waals surface area (Å²) >= 11 is 5.81. The van der Waals surface area contributed by atoms with Crippen molar-refractivity contribution in [3.8, 4) is 0 Å². The SMILES string of the molecule is Fc1cc(Cl)cc(NCc2ccc3ccccc3n2)c1. The number of hydrogen-bond acceptors (Lipinski definition) is 2. The van der Waals surface area contributed by atoms with Crippen LogP contribution >= 0.6 is 11.6 Å². The molecule has 0 unspecified atom stereocenters. The number of pyridine rings is 1. The molecule has 3 aromatic rings. The van der Waals surface area contributed by atoms with E-state index in [4.69, 9.17) is 11.6 Å². The summed E-state index contributed by atoms with van der Waals surface area (Å²) in [6.07, 6.45) is 0. The van der Waals surface area contributed by atoms with Crippen molar-refractivity contribution in [3.05, 3.63) is 71.1 Å². The highest BCUT2D eigenvalue weighted by molar-refractivity contribution is 6.30. The maximum absolute atomic E-state index is 13.2. The van der Waals surface area contributed by atoms with Gasteiger partial charge in [-0.1, -0.05) is 35.9 Å². The van der Waals surface area contributed by atoms with Crippen LogP contribution in [0.4, 0.5) is 10.1 Å². The summed E-state index contributed by atoms with van der Waals surface area (Å²) in [4.78, 5) is 4.55. The Balaban J connectivity index is 1.79. The van der Waals surface area contributed by atoms with Crippen molar-refractivity contribution in [1.29, 1.82) is 0 Å². The molecular formula is C16H12ClFN2. The Morgan fingerprint density at radius 3 is 2.75 bits per heavy atom. The van der Waals surface area contributed by atoms with Crippen LogP contribution in [0.25, 0.3) is 10.9 Å². The van der Waals surface area contributed by atoms with Crippen molar-refractivity contribution >= 4 is 28.2 Å². The normalized spacial score (nSPS) is 10.7. The fraction of sp³-hybridized carbons (Fsp3) is 0.0625. The molecule has 0 spiro atoms. The molecule has 0 radical (unpaired) electrons. The van der Waals surface area contributed by atoms with Gasteiger partial charge in [-0.2, -0.15) is 0 Å². The first kappa shape index (κ1) is 12.9. The van der Waals surface area contributed by atoms with E-state index in [9.17, 15) is 4.39 Å². The summed E-state index contributed by atoms with van der Waals surface area (Å²) in [7, 11) is 0. The topological polar surface area (TPSA) is 24.9 Å². The first-order valence-corrected chi connectivity index (χ1v) is 6.63. The minimum Gasteiger partial charge on any atom is -0.379 e. The number of para-hydroxylation sites is 1. The lowest BCUT2D eigenvalue weighted by atomic mass is 10.2. The average molecular weight is 287 g/mol. The van der Waals surface area contributed by atoms with E-state index in [1.165, 1.54) is 12.1 Å². The number of nitrogens with zero attached hydrogens (tertiary/aromatic N) is 1. The molecule has 1 aromatic heterocycles. The Labute approximate surface area is 121 Å². The molecule has 1 N–H and O–H groups in total. The molecule has 0 saturated carbocycles. The fourth-order valence-corrected chi connectivity index (χ4v) is 2.28. The number of nitrogens with one attached hydrogen (secondary N) is 1. The largest absolute Gasteiger partial charge is 0.379 e. The first-order chi connectivity index (χ1) is 9.70. The molecule has 0 aliphatic carbocycles. The van der Waals surface area contributed by atoms with E-state index in [1.54, 1.807) is 6.07 Å². The number of fused-ring (bicyclic) bond motifs is 1. The van der Waals surface area contributed by atoms with Crippen molar-refractivity contribution in [2.75, 3.05) is 5.32 Å². The highest BCUT2D eigenvalue weighted by atomic mass is 35.5. The lowest BCUT2D eigenvalue weighted by Gasteiger charge is -2.07. The number of benzene rings is 2. The van der Waals surface area contributed by atoms with Crippen molar-refractivity contribution in [3.63, 3.8) is 0 Å². The van der Waals surface area contributed by atoms with E-state index in [0.717, 1.165) is 16.6 Å². The molecule has 0 atom stereocenters. The Morgan fingerprint density at radius 1 is 1.05 bits per heavy atom. The number of rotatable bonds is 3. The van der Waals surface area contributed by atoms with Crippen LogP contribution in [-0.2, 0) is 6.54 Å². The quantitative estimate of drug-likeness (QED) is 0.759. The zero-order valence-electron chi connectivity index (χ0n) is 10.6. The third-order valence-electron chi connectivity index (χ3n) is 2.99. The molecule has 0 fully saturated rings. The fourth-order valence-electron chi connectivity index (χ4n) is 2.06. The highest BCUT2D eigenvalue weighted by Gasteiger charge is 2.01. The number of aromatic nitrogens is 1. The molecule has 0 bridgehead atoms. The van der Waals surface area contributed by atoms with Crippen LogP contribution in [0, 0.1) is 5.82 Å². The van der Waals surface area contributed by atoms with Crippen molar-refractivity contribution < 1.29 is 4.39 Å². The van der Waals surface area contributed by atoms with Gasteiger partial charge in [-0.05, 0) is 30.3 Å². The molecule has 20 heavy (non-hydrogen) atoms. The molecule has 1 heterocycles. The van der Waals surface area contributed by atoms with Crippen molar-refractivity contribution in [2.24, 2.45) is 0 Å². The van der Waals surface area contributed by atoms with E-state index in [2.05, 4.69) is 10.3 Å². The molecule has 2 aromatic carbocycles. The van der Waals surface area contributed by atoms with Gasteiger partial charge in [0.1, 0.15) is 5.82 Å². The van der Waals surface area contributed by atoms with E-state index in [1.807, 2.05) is 36.4 Å². The van der Waals surface area contributed by atoms with E-state index < -0.39 is 0 Å². The zero-order valence-corrected chi connectivity index (χ0v) is 11.4. The van der Waals surface area contributed by atoms with Crippen LogP contribution in [-0.4, -0.2) is 4.98 Å². The number of anilines is 1. The summed E-state index contributed by atoms with van der Waals surface area (Å²) in [6, 6.07) is 16.3. The molecule has 0 amide bonds. The molecule has 0 aliphatic rings. The summed E-state index contributed by atoms with van der Waals surface area (Å²) in [5.41, 5.74) is 2.48. The standard InChI is InChI=1S/C16H12ClFN2/c17-12-7-13(18)9-15(8-12)19-10-14-6-5-11-3-1-2-4-16(11)20-14/h1-9,19H,10H2. The Hall–Kier alpha value is -2.13. The minimum absolute atomic E-state index is 0.355. The van der Waals surface area contributed by atoms with Crippen LogP contribution in [0.3, 0.4) is 0 Å². The molecule has 3 rings (SSSR count).